The van der Waals surface area contributed by atoms with Crippen molar-refractivity contribution in [1.82, 2.24) is 0 Å². The van der Waals surface area contributed by atoms with Crippen molar-refractivity contribution in [3.8, 4) is 5.75 Å². The van der Waals surface area contributed by atoms with E-state index in [-0.39, 0.29) is 6.54 Å². The Labute approximate surface area is 212 Å². The Bertz CT molecular complexity index is 1240. The number of anilines is 1. The van der Waals surface area contributed by atoms with Crippen LogP contribution in [-0.4, -0.2) is 35.0 Å². The van der Waals surface area contributed by atoms with E-state index in [2.05, 4.69) is 0 Å². The number of halogens is 1. The molecule has 1 aliphatic rings. The van der Waals surface area contributed by atoms with Crippen LogP contribution in [0.2, 0.25) is 5.02 Å². The molecule has 0 N–H and O–H groups in total. The lowest BCUT2D eigenvalue weighted by Crippen LogP contribution is -2.36. The molecule has 0 spiro atoms. The number of methoxy groups -OCH3 is 1. The third kappa shape index (κ3) is 6.16. The van der Waals surface area contributed by atoms with E-state index in [1.54, 1.807) is 25.3 Å². The number of rotatable bonds is 9. The largest absolute Gasteiger partial charge is 0.487 e. The average molecular weight is 516 g/mol. The molecule has 35 heavy (non-hydrogen) atoms. The summed E-state index contributed by atoms with van der Waals surface area (Å²) in [4.78, 5) is 0. The fourth-order valence-electron chi connectivity index (χ4n) is 4.35. The zero-order chi connectivity index (χ0) is 24.9. The molecule has 0 atom stereocenters. The summed E-state index contributed by atoms with van der Waals surface area (Å²) in [7, 11) is -1.94. The van der Waals surface area contributed by atoms with E-state index in [9.17, 15) is 8.42 Å². The third-order valence-electron chi connectivity index (χ3n) is 6.30. The van der Waals surface area contributed by atoms with Crippen LogP contribution in [0.25, 0.3) is 0 Å². The maximum Gasteiger partial charge on any atom is 0.232 e. The van der Waals surface area contributed by atoms with Crippen LogP contribution >= 0.6 is 11.6 Å². The van der Waals surface area contributed by atoms with Gasteiger partial charge in [-0.2, -0.15) is 0 Å². The molecular weight excluding hydrogens is 486 g/mol. The molecule has 1 saturated heterocycles. The Kier molecular flexibility index (Phi) is 8.02. The predicted molar refractivity (Wildman–Crippen MR) is 138 cm³/mol. The van der Waals surface area contributed by atoms with Gasteiger partial charge in [0.1, 0.15) is 12.4 Å². The van der Waals surface area contributed by atoms with E-state index < -0.39 is 15.6 Å². The first kappa shape index (κ1) is 25.5. The van der Waals surface area contributed by atoms with Gasteiger partial charge in [0.05, 0.1) is 24.1 Å². The van der Waals surface area contributed by atoms with E-state index in [0.29, 0.717) is 36.3 Å². The molecule has 0 aromatic heterocycles. The minimum atomic E-state index is -3.65. The predicted octanol–water partition coefficient (Wildman–Crippen LogP) is 5.54. The van der Waals surface area contributed by atoms with E-state index >= 15 is 0 Å². The first-order valence-corrected chi connectivity index (χ1v) is 13.7. The van der Waals surface area contributed by atoms with Crippen molar-refractivity contribution in [3.05, 3.63) is 94.5 Å². The Morgan fingerprint density at radius 1 is 0.971 bits per heavy atom. The molecule has 186 valence electrons. The van der Waals surface area contributed by atoms with Crippen molar-refractivity contribution in [2.75, 3.05) is 30.9 Å². The molecule has 0 saturated carbocycles. The first-order valence-electron chi connectivity index (χ1n) is 11.5. The van der Waals surface area contributed by atoms with Gasteiger partial charge in [-0.1, -0.05) is 66.2 Å². The van der Waals surface area contributed by atoms with E-state index in [0.717, 1.165) is 29.5 Å². The highest BCUT2D eigenvalue weighted by atomic mass is 35.5. The van der Waals surface area contributed by atoms with Gasteiger partial charge in [-0.15, -0.1) is 0 Å². The maximum atomic E-state index is 13.0. The SMILES string of the molecule is COC1(c2cccc(CN(c3cc(Cl)ccc3OCc3ccccc3)S(C)(=O)=O)c2)CCOCC1. The molecule has 6 nitrogen and oxygen atoms in total. The standard InChI is InChI=1S/C27H30ClNO5S/c1-32-27(13-15-33-16-14-27)23-10-6-9-22(17-23)19-29(35(2,30)31)25-18-24(28)11-12-26(25)34-20-21-7-4-3-5-8-21/h3-12,17-18H,13-16,19-20H2,1-2H3. The van der Waals surface area contributed by atoms with Crippen LogP contribution in [-0.2, 0) is 38.2 Å². The number of sulfonamides is 1. The van der Waals surface area contributed by atoms with Gasteiger partial charge < -0.3 is 14.2 Å². The number of hydrogen-bond acceptors (Lipinski definition) is 5. The van der Waals surface area contributed by atoms with Gasteiger partial charge in [-0.25, -0.2) is 8.42 Å². The van der Waals surface area contributed by atoms with Crippen LogP contribution in [0.3, 0.4) is 0 Å². The molecule has 3 aromatic rings. The molecule has 1 heterocycles. The molecule has 1 fully saturated rings. The molecule has 0 amide bonds. The topological polar surface area (TPSA) is 65.1 Å². The van der Waals surface area contributed by atoms with Crippen molar-refractivity contribution in [3.63, 3.8) is 0 Å². The molecule has 0 radical (unpaired) electrons. The normalized spacial score (nSPS) is 15.5. The minimum absolute atomic E-state index is 0.130. The molecule has 3 aromatic carbocycles. The minimum Gasteiger partial charge on any atom is -0.487 e. The van der Waals surface area contributed by atoms with Crippen LogP contribution in [0, 0.1) is 0 Å². The summed E-state index contributed by atoms with van der Waals surface area (Å²) in [5, 5.41) is 0.426. The Morgan fingerprint density at radius 2 is 1.69 bits per heavy atom. The van der Waals surface area contributed by atoms with Crippen LogP contribution in [0.4, 0.5) is 5.69 Å². The number of hydrogen-bond donors (Lipinski definition) is 0. The average Bonchev–Trinajstić information content (AvgIpc) is 2.87. The van der Waals surface area contributed by atoms with Gasteiger partial charge >= 0.3 is 0 Å². The Morgan fingerprint density at radius 3 is 2.37 bits per heavy atom. The fraction of sp³-hybridized carbons (Fsp3) is 0.333. The van der Waals surface area contributed by atoms with E-state index in [1.165, 1.54) is 10.6 Å². The summed E-state index contributed by atoms with van der Waals surface area (Å²) in [6, 6.07) is 22.6. The second-order valence-electron chi connectivity index (χ2n) is 8.67. The molecule has 1 aliphatic heterocycles. The highest BCUT2D eigenvalue weighted by Crippen LogP contribution is 2.37. The van der Waals surface area contributed by atoms with Crippen molar-refractivity contribution < 1.29 is 22.6 Å². The summed E-state index contributed by atoms with van der Waals surface area (Å²) in [5.41, 5.74) is 2.79. The van der Waals surface area contributed by atoms with Crippen LogP contribution in [0.15, 0.2) is 72.8 Å². The van der Waals surface area contributed by atoms with Crippen molar-refractivity contribution in [1.29, 1.82) is 0 Å². The third-order valence-corrected chi connectivity index (χ3v) is 7.66. The summed E-state index contributed by atoms with van der Waals surface area (Å²) < 4.78 is 44.8. The molecule has 8 heteroatoms. The quantitative estimate of drug-likeness (QED) is 0.374. The van der Waals surface area contributed by atoms with Crippen molar-refractivity contribution >= 4 is 27.3 Å². The number of nitrogens with zero attached hydrogens (tertiary/aromatic N) is 1. The lowest BCUT2D eigenvalue weighted by molar-refractivity contribution is -0.0948. The molecule has 0 aliphatic carbocycles. The Hall–Kier alpha value is -2.58. The highest BCUT2D eigenvalue weighted by molar-refractivity contribution is 7.92. The number of benzene rings is 3. The van der Waals surface area contributed by atoms with E-state index in [1.807, 2.05) is 54.6 Å². The number of ether oxygens (including phenoxy) is 3. The molecule has 0 unspecified atom stereocenters. The van der Waals surface area contributed by atoms with Gasteiger partial charge in [0, 0.05) is 38.2 Å². The summed E-state index contributed by atoms with van der Waals surface area (Å²) in [6.45, 7) is 1.68. The van der Waals surface area contributed by atoms with Crippen molar-refractivity contribution in [2.24, 2.45) is 0 Å². The van der Waals surface area contributed by atoms with Gasteiger partial charge in [0.2, 0.25) is 10.0 Å². The van der Waals surface area contributed by atoms with Crippen LogP contribution in [0.1, 0.15) is 29.5 Å². The lowest BCUT2D eigenvalue weighted by Gasteiger charge is -2.36. The Balaban J connectivity index is 1.66. The monoisotopic (exact) mass is 515 g/mol. The van der Waals surface area contributed by atoms with Gasteiger partial charge in [-0.05, 0) is 34.9 Å². The zero-order valence-electron chi connectivity index (χ0n) is 19.9. The van der Waals surface area contributed by atoms with Crippen molar-refractivity contribution in [2.45, 2.75) is 31.6 Å². The summed E-state index contributed by atoms with van der Waals surface area (Å²) in [6.07, 6.45) is 2.68. The highest BCUT2D eigenvalue weighted by Gasteiger charge is 2.34. The maximum absolute atomic E-state index is 13.0. The summed E-state index contributed by atoms with van der Waals surface area (Å²) in [5.74, 6) is 0.442. The second kappa shape index (κ2) is 11.0. The first-order chi connectivity index (χ1) is 16.8. The fourth-order valence-corrected chi connectivity index (χ4v) is 5.40. The van der Waals surface area contributed by atoms with Gasteiger partial charge in [0.15, 0.2) is 0 Å². The zero-order valence-corrected chi connectivity index (χ0v) is 21.5. The lowest BCUT2D eigenvalue weighted by atomic mass is 9.85. The van der Waals surface area contributed by atoms with Crippen LogP contribution in [0.5, 0.6) is 5.75 Å². The second-order valence-corrected chi connectivity index (χ2v) is 11.0. The molecule has 0 bridgehead atoms. The van der Waals surface area contributed by atoms with Gasteiger partial charge in [-0.3, -0.25) is 4.31 Å². The van der Waals surface area contributed by atoms with Gasteiger partial charge in [0.25, 0.3) is 0 Å². The molecular formula is C27H30ClNO5S. The summed E-state index contributed by atoms with van der Waals surface area (Å²) >= 11 is 6.29. The van der Waals surface area contributed by atoms with E-state index in [4.69, 9.17) is 25.8 Å². The van der Waals surface area contributed by atoms with Crippen LogP contribution < -0.4 is 9.04 Å². The molecule has 4 rings (SSSR count). The smallest absolute Gasteiger partial charge is 0.232 e.